The zero-order chi connectivity index (χ0) is 16.0. The maximum absolute atomic E-state index is 10.7. The van der Waals surface area contributed by atoms with E-state index >= 15 is 0 Å². The van der Waals surface area contributed by atoms with E-state index in [1.165, 1.54) is 0 Å². The van der Waals surface area contributed by atoms with Crippen molar-refractivity contribution in [3.8, 4) is 5.75 Å². The number of hydrogen-bond acceptors (Lipinski definition) is 2. The molecule has 118 valence electrons. The number of ketones is 1. The van der Waals surface area contributed by atoms with E-state index in [4.69, 9.17) is 4.74 Å². The molecule has 0 heterocycles. The van der Waals surface area contributed by atoms with Gasteiger partial charge in [0.05, 0.1) is 6.61 Å². The Kier molecular flexibility index (Phi) is 21.8. The van der Waals surface area contributed by atoms with Gasteiger partial charge in [0.1, 0.15) is 5.78 Å². The molecule has 0 fully saturated rings. The molecular weight excluding hydrogens is 486 g/mol. The van der Waals surface area contributed by atoms with Crippen LogP contribution >= 0.6 is 0 Å². The van der Waals surface area contributed by atoms with E-state index in [0.29, 0.717) is 5.78 Å². The third kappa shape index (κ3) is 15.9. The second kappa shape index (κ2) is 17.8. The van der Waals surface area contributed by atoms with Crippen molar-refractivity contribution in [1.29, 1.82) is 0 Å². The van der Waals surface area contributed by atoms with Crippen molar-refractivity contribution in [1.82, 2.24) is 0 Å². The molecule has 2 nitrogen and oxygen atoms in total. The van der Waals surface area contributed by atoms with Crippen LogP contribution in [0.4, 0.5) is 0 Å². The molecule has 0 unspecified atom stereocenters. The second-order valence-electron chi connectivity index (χ2n) is 4.51. The maximum atomic E-state index is 10.7. The fourth-order valence-corrected chi connectivity index (χ4v) is 1.35. The van der Waals surface area contributed by atoms with Gasteiger partial charge in [-0.25, -0.2) is 0 Å². The third-order valence-corrected chi connectivity index (χ3v) is 2.37. The van der Waals surface area contributed by atoms with Crippen LogP contribution in [0.15, 0.2) is 18.2 Å². The number of rotatable bonds is 5. The van der Waals surface area contributed by atoms with Crippen LogP contribution in [0.1, 0.15) is 53.0 Å². The van der Waals surface area contributed by atoms with E-state index in [1.807, 2.05) is 52.8 Å². The average Bonchev–Trinajstić information content (AvgIpc) is 2.42. The van der Waals surface area contributed by atoms with Crippen molar-refractivity contribution in [2.24, 2.45) is 5.92 Å². The quantitative estimate of drug-likeness (QED) is 0.513. The Morgan fingerprint density at radius 2 is 1.90 bits per heavy atom. The summed E-state index contributed by atoms with van der Waals surface area (Å²) < 4.78 is 5.27. The van der Waals surface area contributed by atoms with Gasteiger partial charge in [0, 0.05) is 18.1 Å². The van der Waals surface area contributed by atoms with E-state index in [1.54, 1.807) is 6.92 Å². The Morgan fingerprint density at radius 1 is 1.33 bits per heavy atom. The molecule has 1 rings (SSSR count). The molecule has 0 atom stereocenters. The molecule has 1 aromatic carbocycles. The van der Waals surface area contributed by atoms with Gasteiger partial charge in [-0.3, -0.25) is 4.79 Å². The predicted octanol–water partition coefficient (Wildman–Crippen LogP) is 5.05. The summed E-state index contributed by atoms with van der Waals surface area (Å²) in [6.45, 7) is 15.6. The molecule has 0 saturated carbocycles. The summed E-state index contributed by atoms with van der Waals surface area (Å²) in [5.41, 5.74) is 1.12. The van der Waals surface area contributed by atoms with Gasteiger partial charge in [-0.15, -0.1) is 12.1 Å². The molecule has 0 aliphatic heterocycles. The summed E-state index contributed by atoms with van der Waals surface area (Å²) in [5, 5.41) is 0. The van der Waals surface area contributed by atoms with E-state index < -0.39 is 0 Å². The van der Waals surface area contributed by atoms with Crippen LogP contribution in [0.2, 0.25) is 0 Å². The molecular formula is C18H30O2U. The van der Waals surface area contributed by atoms with Gasteiger partial charge in [-0.05, 0) is 13.3 Å². The van der Waals surface area contributed by atoms with Crippen LogP contribution in [-0.4, -0.2) is 12.4 Å². The Bertz CT molecular complexity index is 349. The Balaban J connectivity index is -0.000000270. The standard InChI is InChI=1S/C9H11O.C7H14O.C2H5.U/c1-3-10-9-6-4-5-8(2)7-9;1-4-5-7(8)6(2)3;1-2;/h4,6-7H,3H2,1-2H3;6H,4-5H2,1-3H3;1H2,2H3;/q-1;;-1;+2. The van der Waals surface area contributed by atoms with E-state index in [0.717, 1.165) is 30.8 Å². The zero-order valence-corrected chi connectivity index (χ0v) is 18.6. The van der Waals surface area contributed by atoms with E-state index in [2.05, 4.69) is 13.0 Å². The number of Topliss-reactive ketones (excluding diaryl/α,β-unsaturated/α-hetero) is 1. The summed E-state index contributed by atoms with van der Waals surface area (Å²) in [4.78, 5) is 10.7. The number of ether oxygens (including phenoxy) is 1. The summed E-state index contributed by atoms with van der Waals surface area (Å²) >= 11 is 0. The largest absolute Gasteiger partial charge is 2.00 e. The van der Waals surface area contributed by atoms with Crippen molar-refractivity contribution in [3.05, 3.63) is 36.8 Å². The zero-order valence-electron chi connectivity index (χ0n) is 14.5. The molecule has 3 heteroatoms. The fraction of sp³-hybridized carbons (Fsp3) is 0.556. The Hall–Kier alpha value is -0.258. The molecule has 0 bridgehead atoms. The van der Waals surface area contributed by atoms with Gasteiger partial charge in [0.15, 0.2) is 0 Å². The van der Waals surface area contributed by atoms with Crippen molar-refractivity contribution in [3.63, 3.8) is 0 Å². The first-order valence-electron chi connectivity index (χ1n) is 7.35. The number of hydrogen-bond donors (Lipinski definition) is 0. The van der Waals surface area contributed by atoms with Crippen LogP contribution in [0.3, 0.4) is 0 Å². The van der Waals surface area contributed by atoms with E-state index in [-0.39, 0.29) is 37.0 Å². The molecule has 0 aromatic heterocycles. The minimum absolute atomic E-state index is 0. The van der Waals surface area contributed by atoms with Gasteiger partial charge in [-0.1, -0.05) is 27.7 Å². The Morgan fingerprint density at radius 3 is 2.24 bits per heavy atom. The number of carbonyl (C=O) groups excluding carboxylic acids is 1. The number of carbonyl (C=O) groups is 1. The molecule has 0 N–H and O–H groups in total. The SMILES string of the molecule is CCCC(=O)C(C)C.CCOc1cc[c-]c(C)c1.[CH2-]C.[U+2]. The Labute approximate surface area is 155 Å². The molecule has 0 aliphatic carbocycles. The van der Waals surface area contributed by atoms with Gasteiger partial charge in [0.25, 0.3) is 0 Å². The third-order valence-electron chi connectivity index (χ3n) is 2.37. The second-order valence-corrected chi connectivity index (χ2v) is 4.51. The molecule has 0 spiro atoms. The molecule has 0 radical (unpaired) electrons. The normalized spacial score (nSPS) is 8.57. The summed E-state index contributed by atoms with van der Waals surface area (Å²) in [7, 11) is 0. The molecule has 0 saturated heterocycles. The van der Waals surface area contributed by atoms with Gasteiger partial charge in [0.2, 0.25) is 0 Å². The van der Waals surface area contributed by atoms with Gasteiger partial charge < -0.3 is 11.7 Å². The average molecular weight is 516 g/mol. The number of aryl methyl sites for hydroxylation is 1. The van der Waals surface area contributed by atoms with Gasteiger partial charge >= 0.3 is 31.1 Å². The first-order valence-corrected chi connectivity index (χ1v) is 7.35. The minimum Gasteiger partial charge on any atom is -0.519 e. The fourth-order valence-electron chi connectivity index (χ4n) is 1.35. The summed E-state index contributed by atoms with van der Waals surface area (Å²) in [6, 6.07) is 8.81. The van der Waals surface area contributed by atoms with Crippen molar-refractivity contribution in [2.75, 3.05) is 6.61 Å². The van der Waals surface area contributed by atoms with Crippen LogP contribution in [0, 0.1) is 56.9 Å². The minimum atomic E-state index is 0. The van der Waals surface area contributed by atoms with Crippen LogP contribution in [-0.2, 0) is 4.79 Å². The maximum Gasteiger partial charge on any atom is 2.00 e. The van der Waals surface area contributed by atoms with Crippen LogP contribution in [0.5, 0.6) is 5.75 Å². The summed E-state index contributed by atoms with van der Waals surface area (Å²) in [5.74, 6) is 1.54. The molecule has 21 heavy (non-hydrogen) atoms. The number of benzene rings is 1. The van der Waals surface area contributed by atoms with Crippen LogP contribution < -0.4 is 4.74 Å². The summed E-state index contributed by atoms with van der Waals surface area (Å²) in [6.07, 6.45) is 1.73. The first-order chi connectivity index (χ1) is 9.51. The van der Waals surface area contributed by atoms with E-state index in [9.17, 15) is 4.79 Å². The first kappa shape index (κ1) is 25.7. The predicted molar refractivity (Wildman–Crippen MR) is 87.0 cm³/mol. The molecule has 0 amide bonds. The van der Waals surface area contributed by atoms with Crippen molar-refractivity contribution >= 4 is 5.78 Å². The topological polar surface area (TPSA) is 26.3 Å². The van der Waals surface area contributed by atoms with Crippen molar-refractivity contribution < 1.29 is 40.6 Å². The smallest absolute Gasteiger partial charge is 0.519 e. The molecule has 0 aliphatic rings. The van der Waals surface area contributed by atoms with Gasteiger partial charge in [-0.2, -0.15) is 24.6 Å². The molecule has 1 aromatic rings. The monoisotopic (exact) mass is 516 g/mol. The van der Waals surface area contributed by atoms with Crippen molar-refractivity contribution in [2.45, 2.75) is 54.4 Å². The van der Waals surface area contributed by atoms with Crippen LogP contribution in [0.25, 0.3) is 0 Å².